The highest BCUT2D eigenvalue weighted by Gasteiger charge is 2.52. The fraction of sp³-hybridized carbons (Fsp3) is 0.0741. The van der Waals surface area contributed by atoms with Crippen molar-refractivity contribution in [3.63, 3.8) is 0 Å². The number of hydrogen-bond donors (Lipinski definition) is 1. The van der Waals surface area contributed by atoms with Crippen molar-refractivity contribution in [3.8, 4) is 5.75 Å². The van der Waals surface area contributed by atoms with Gasteiger partial charge >= 0.3 is 0 Å². The second-order valence-electron chi connectivity index (χ2n) is 7.25. The standard InChI is InChI=1S/C27H23NO2/c1-3-4-6-11-20(2)27(21-16-18-23(29)19-17-21)25-15-10-9-14-24(25)26(30)28(27)22-12-7-5-8-13-22/h3-19,29H,1H2,2H3/b6-4-,20-11+. The Bertz CT molecular complexity index is 1140. The molecule has 0 fully saturated rings. The van der Waals surface area contributed by atoms with Crippen molar-refractivity contribution in [2.75, 3.05) is 4.90 Å². The SMILES string of the molecule is C=C/C=C\C=C(/C)C1(c2ccc(O)cc2)c2ccccc2C(=O)N1c1ccccc1. The van der Waals surface area contributed by atoms with Crippen LogP contribution in [0.3, 0.4) is 0 Å². The van der Waals surface area contributed by atoms with Gasteiger partial charge in [-0.3, -0.25) is 9.69 Å². The Morgan fingerprint density at radius 2 is 1.60 bits per heavy atom. The van der Waals surface area contributed by atoms with Crippen LogP contribution in [0.5, 0.6) is 5.75 Å². The number of amides is 1. The number of allylic oxidation sites excluding steroid dienone is 4. The highest BCUT2D eigenvalue weighted by Crippen LogP contribution is 2.51. The Balaban J connectivity index is 2.10. The van der Waals surface area contributed by atoms with E-state index in [1.165, 1.54) is 0 Å². The van der Waals surface area contributed by atoms with Crippen LogP contribution in [-0.4, -0.2) is 11.0 Å². The molecule has 3 aromatic carbocycles. The van der Waals surface area contributed by atoms with Gasteiger partial charge in [-0.15, -0.1) is 0 Å². The van der Waals surface area contributed by atoms with Crippen LogP contribution in [0.25, 0.3) is 0 Å². The first-order valence-electron chi connectivity index (χ1n) is 9.85. The summed E-state index contributed by atoms with van der Waals surface area (Å²) in [6.07, 6.45) is 7.53. The lowest BCUT2D eigenvalue weighted by Gasteiger charge is -2.41. The smallest absolute Gasteiger partial charge is 0.259 e. The third-order valence-electron chi connectivity index (χ3n) is 5.55. The maximum Gasteiger partial charge on any atom is 0.259 e. The van der Waals surface area contributed by atoms with Crippen molar-refractivity contribution < 1.29 is 9.90 Å². The molecule has 0 aliphatic carbocycles. The highest BCUT2D eigenvalue weighted by molar-refractivity contribution is 6.13. The van der Waals surface area contributed by atoms with Crippen molar-refractivity contribution in [2.45, 2.75) is 12.5 Å². The monoisotopic (exact) mass is 393 g/mol. The average Bonchev–Trinajstić information content (AvgIpc) is 3.05. The predicted octanol–water partition coefficient (Wildman–Crippen LogP) is 5.98. The summed E-state index contributed by atoms with van der Waals surface area (Å²) in [5.41, 5.74) is 3.46. The molecule has 1 heterocycles. The molecule has 3 nitrogen and oxygen atoms in total. The van der Waals surface area contributed by atoms with Gasteiger partial charge in [0.05, 0.1) is 0 Å². The number of phenols is 1. The lowest BCUT2D eigenvalue weighted by atomic mass is 9.76. The van der Waals surface area contributed by atoms with Crippen LogP contribution in [0.15, 0.2) is 115 Å². The topological polar surface area (TPSA) is 40.5 Å². The minimum atomic E-state index is -0.839. The molecule has 30 heavy (non-hydrogen) atoms. The van der Waals surface area contributed by atoms with Gasteiger partial charge < -0.3 is 5.11 Å². The first-order valence-corrected chi connectivity index (χ1v) is 9.85. The maximum absolute atomic E-state index is 13.7. The summed E-state index contributed by atoms with van der Waals surface area (Å²) < 4.78 is 0. The van der Waals surface area contributed by atoms with Gasteiger partial charge in [0, 0.05) is 11.3 Å². The van der Waals surface area contributed by atoms with Crippen molar-refractivity contribution in [3.05, 3.63) is 132 Å². The molecule has 0 aromatic heterocycles. The number of carbonyl (C=O) groups is 1. The lowest BCUT2D eigenvalue weighted by Crippen LogP contribution is -2.46. The molecule has 1 atom stereocenters. The molecular formula is C27H23NO2. The molecule has 0 spiro atoms. The number of rotatable bonds is 5. The number of benzene rings is 3. The van der Waals surface area contributed by atoms with Gasteiger partial charge in [-0.05, 0) is 54.0 Å². The average molecular weight is 393 g/mol. The van der Waals surface area contributed by atoms with E-state index in [0.717, 1.165) is 22.4 Å². The third kappa shape index (κ3) is 2.96. The zero-order valence-corrected chi connectivity index (χ0v) is 16.8. The van der Waals surface area contributed by atoms with Gasteiger partial charge in [-0.25, -0.2) is 0 Å². The molecule has 0 saturated heterocycles. The molecule has 1 aliphatic rings. The molecule has 1 amide bonds. The molecule has 0 saturated carbocycles. The number of fused-ring (bicyclic) bond motifs is 1. The Labute approximate surface area is 176 Å². The molecule has 4 rings (SSSR count). The zero-order chi connectivity index (χ0) is 21.1. The maximum atomic E-state index is 13.7. The van der Waals surface area contributed by atoms with E-state index in [-0.39, 0.29) is 11.7 Å². The van der Waals surface area contributed by atoms with E-state index in [1.807, 2.05) is 96.8 Å². The number of carbonyl (C=O) groups excluding carboxylic acids is 1. The van der Waals surface area contributed by atoms with Gasteiger partial charge in [0.25, 0.3) is 5.91 Å². The van der Waals surface area contributed by atoms with Crippen LogP contribution in [-0.2, 0) is 5.54 Å². The van der Waals surface area contributed by atoms with E-state index in [1.54, 1.807) is 18.2 Å². The Hall–Kier alpha value is -3.85. The highest BCUT2D eigenvalue weighted by atomic mass is 16.3. The van der Waals surface area contributed by atoms with Gasteiger partial charge in [0.1, 0.15) is 11.3 Å². The van der Waals surface area contributed by atoms with Gasteiger partial charge in [-0.1, -0.05) is 79.4 Å². The predicted molar refractivity (Wildman–Crippen MR) is 122 cm³/mol. The van der Waals surface area contributed by atoms with Gasteiger partial charge in [0.2, 0.25) is 0 Å². The molecule has 1 aliphatic heterocycles. The summed E-state index contributed by atoms with van der Waals surface area (Å²) in [4.78, 5) is 15.6. The van der Waals surface area contributed by atoms with Gasteiger partial charge in [0.15, 0.2) is 0 Å². The largest absolute Gasteiger partial charge is 0.508 e. The molecule has 3 aromatic rings. The number of phenolic OH excluding ortho intramolecular Hbond substituents is 1. The van der Waals surface area contributed by atoms with Crippen molar-refractivity contribution >= 4 is 11.6 Å². The number of para-hydroxylation sites is 1. The first kappa shape index (κ1) is 19.5. The Morgan fingerprint density at radius 3 is 2.30 bits per heavy atom. The summed E-state index contributed by atoms with van der Waals surface area (Å²) in [6, 6.07) is 24.5. The number of anilines is 1. The van der Waals surface area contributed by atoms with E-state index in [4.69, 9.17) is 0 Å². The fourth-order valence-electron chi connectivity index (χ4n) is 4.27. The number of hydrogen-bond acceptors (Lipinski definition) is 2. The number of aromatic hydroxyl groups is 1. The summed E-state index contributed by atoms with van der Waals surface area (Å²) in [6.45, 7) is 5.78. The van der Waals surface area contributed by atoms with E-state index >= 15 is 0 Å². The molecule has 1 N–H and O–H groups in total. The first-order chi connectivity index (χ1) is 14.6. The summed E-state index contributed by atoms with van der Waals surface area (Å²) >= 11 is 0. The van der Waals surface area contributed by atoms with Gasteiger partial charge in [-0.2, -0.15) is 0 Å². The molecule has 0 radical (unpaired) electrons. The summed E-state index contributed by atoms with van der Waals surface area (Å²) in [5, 5.41) is 9.91. The summed E-state index contributed by atoms with van der Waals surface area (Å²) in [7, 11) is 0. The second kappa shape index (κ2) is 7.88. The van der Waals surface area contributed by atoms with Crippen LogP contribution >= 0.6 is 0 Å². The van der Waals surface area contributed by atoms with Crippen molar-refractivity contribution in [1.82, 2.24) is 0 Å². The quantitative estimate of drug-likeness (QED) is 0.541. The molecule has 0 bridgehead atoms. The molecular weight excluding hydrogens is 370 g/mol. The van der Waals surface area contributed by atoms with Crippen LogP contribution in [0, 0.1) is 0 Å². The zero-order valence-electron chi connectivity index (χ0n) is 16.8. The van der Waals surface area contributed by atoms with E-state index < -0.39 is 5.54 Å². The third-order valence-corrected chi connectivity index (χ3v) is 5.55. The van der Waals surface area contributed by atoms with Crippen LogP contribution < -0.4 is 4.90 Å². The second-order valence-corrected chi connectivity index (χ2v) is 7.25. The van der Waals surface area contributed by atoms with Crippen LogP contribution in [0.4, 0.5) is 5.69 Å². The van der Waals surface area contributed by atoms with Crippen LogP contribution in [0.1, 0.15) is 28.4 Å². The van der Waals surface area contributed by atoms with E-state index in [9.17, 15) is 9.90 Å². The summed E-state index contributed by atoms with van der Waals surface area (Å²) in [5.74, 6) is 0.135. The van der Waals surface area contributed by atoms with E-state index in [0.29, 0.717) is 5.56 Å². The Morgan fingerprint density at radius 1 is 0.933 bits per heavy atom. The van der Waals surface area contributed by atoms with Crippen molar-refractivity contribution in [2.24, 2.45) is 0 Å². The van der Waals surface area contributed by atoms with E-state index in [2.05, 4.69) is 6.58 Å². The molecule has 1 unspecified atom stereocenters. The normalized spacial score (nSPS) is 18.6. The molecule has 148 valence electrons. The van der Waals surface area contributed by atoms with Crippen LogP contribution in [0.2, 0.25) is 0 Å². The minimum absolute atomic E-state index is 0.0506. The Kier molecular flexibility index (Phi) is 5.11. The van der Waals surface area contributed by atoms with Crippen molar-refractivity contribution in [1.29, 1.82) is 0 Å². The minimum Gasteiger partial charge on any atom is -0.508 e. The molecule has 3 heteroatoms. The number of nitrogens with zero attached hydrogens (tertiary/aromatic N) is 1. The lowest BCUT2D eigenvalue weighted by molar-refractivity contribution is 0.0986. The fourth-order valence-corrected chi connectivity index (χ4v) is 4.27.